The number of amides is 2. The molecule has 96 valence electrons. The van der Waals surface area contributed by atoms with Crippen LogP contribution in [-0.2, 0) is 14.3 Å². The number of nitrogens with zero attached hydrogens (tertiary/aromatic N) is 2. The Balaban J connectivity index is 2.57. The Labute approximate surface area is 98.9 Å². The van der Waals surface area contributed by atoms with Crippen LogP contribution in [-0.4, -0.2) is 65.2 Å². The number of imide groups is 1. The molecule has 0 atom stereocenters. The highest BCUT2D eigenvalue weighted by atomic mass is 16.6. The van der Waals surface area contributed by atoms with Gasteiger partial charge in [-0.15, -0.1) is 0 Å². The van der Waals surface area contributed by atoms with Crippen molar-refractivity contribution in [2.45, 2.75) is 19.9 Å². The van der Waals surface area contributed by atoms with E-state index in [1.807, 2.05) is 0 Å². The molecular weight excluding hydrogens is 228 g/mol. The van der Waals surface area contributed by atoms with E-state index in [1.165, 1.54) is 4.90 Å². The van der Waals surface area contributed by atoms with E-state index >= 15 is 0 Å². The van der Waals surface area contributed by atoms with E-state index in [1.54, 1.807) is 13.8 Å². The molecule has 7 heteroatoms. The van der Waals surface area contributed by atoms with E-state index in [0.717, 1.165) is 4.90 Å². The third-order valence-electron chi connectivity index (χ3n) is 2.47. The molecule has 1 aliphatic heterocycles. The summed E-state index contributed by atoms with van der Waals surface area (Å²) in [5.41, 5.74) is 0. The quantitative estimate of drug-likeness (QED) is 0.718. The number of hydrogen-bond donors (Lipinski definition) is 1. The van der Waals surface area contributed by atoms with E-state index in [0.29, 0.717) is 0 Å². The number of carboxylic acid groups (broad SMARTS) is 1. The van der Waals surface area contributed by atoms with Crippen LogP contribution in [0.15, 0.2) is 0 Å². The molecule has 0 spiro atoms. The summed E-state index contributed by atoms with van der Waals surface area (Å²) in [6.07, 6.45) is -0.658. The fraction of sp³-hybridized carbons (Fsp3) is 0.700. The number of hydrogen-bond acceptors (Lipinski definition) is 5. The Hall–Kier alpha value is -1.63. The van der Waals surface area contributed by atoms with Crippen LogP contribution >= 0.6 is 0 Å². The maximum Gasteiger partial charge on any atom is 0.416 e. The number of carboxylic acids is 1. The van der Waals surface area contributed by atoms with E-state index in [-0.39, 0.29) is 32.3 Å². The summed E-state index contributed by atoms with van der Waals surface area (Å²) in [5, 5.41) is 8.70. The van der Waals surface area contributed by atoms with Crippen molar-refractivity contribution in [3.63, 3.8) is 0 Å². The van der Waals surface area contributed by atoms with Gasteiger partial charge >= 0.3 is 12.1 Å². The molecule has 7 nitrogen and oxygen atoms in total. The van der Waals surface area contributed by atoms with Gasteiger partial charge in [0.15, 0.2) is 0 Å². The SMILES string of the molecule is CC(C)N(CC(=O)O)CC(=O)N1CCOC1=O. The average Bonchev–Trinajstić information content (AvgIpc) is 2.62. The molecule has 1 heterocycles. The third kappa shape index (κ3) is 3.70. The molecular formula is C10H16N2O5. The maximum atomic E-state index is 11.7. The Bertz CT molecular complexity index is 329. The molecule has 1 N–H and O–H groups in total. The largest absolute Gasteiger partial charge is 0.480 e. The fourth-order valence-corrected chi connectivity index (χ4v) is 1.47. The lowest BCUT2D eigenvalue weighted by molar-refractivity contribution is -0.139. The molecule has 1 fully saturated rings. The molecule has 0 aliphatic carbocycles. The van der Waals surface area contributed by atoms with Crippen molar-refractivity contribution in [2.75, 3.05) is 26.2 Å². The predicted molar refractivity (Wildman–Crippen MR) is 57.4 cm³/mol. The standard InChI is InChI=1S/C10H16N2O5/c1-7(2)11(6-9(14)15)5-8(13)12-3-4-17-10(12)16/h7H,3-6H2,1-2H3,(H,14,15). The van der Waals surface area contributed by atoms with Crippen LogP contribution < -0.4 is 0 Å². The van der Waals surface area contributed by atoms with Crippen LogP contribution in [0, 0.1) is 0 Å². The number of cyclic esters (lactones) is 1. The van der Waals surface area contributed by atoms with Crippen LogP contribution in [0.4, 0.5) is 4.79 Å². The zero-order valence-electron chi connectivity index (χ0n) is 9.88. The first-order chi connectivity index (χ1) is 7.91. The summed E-state index contributed by atoms with van der Waals surface area (Å²) in [6.45, 7) is 3.68. The second kappa shape index (κ2) is 5.62. The monoisotopic (exact) mass is 244 g/mol. The Morgan fingerprint density at radius 1 is 1.47 bits per heavy atom. The van der Waals surface area contributed by atoms with Gasteiger partial charge in [-0.1, -0.05) is 0 Å². The highest BCUT2D eigenvalue weighted by Crippen LogP contribution is 2.06. The lowest BCUT2D eigenvalue weighted by atomic mass is 10.3. The minimum absolute atomic E-state index is 0.0892. The van der Waals surface area contributed by atoms with Gasteiger partial charge in [-0.2, -0.15) is 0 Å². The molecule has 0 radical (unpaired) electrons. The van der Waals surface area contributed by atoms with E-state index in [9.17, 15) is 14.4 Å². The summed E-state index contributed by atoms with van der Waals surface area (Å²) in [6, 6.07) is -0.0892. The lowest BCUT2D eigenvalue weighted by Gasteiger charge is -2.24. The zero-order chi connectivity index (χ0) is 13.0. The number of carbonyl (C=O) groups is 3. The molecule has 1 saturated heterocycles. The van der Waals surface area contributed by atoms with Gasteiger partial charge in [0, 0.05) is 6.04 Å². The van der Waals surface area contributed by atoms with Gasteiger partial charge in [0.1, 0.15) is 6.61 Å². The van der Waals surface area contributed by atoms with Gasteiger partial charge in [-0.25, -0.2) is 9.69 Å². The second-order valence-corrected chi connectivity index (χ2v) is 4.05. The number of ether oxygens (including phenoxy) is 1. The molecule has 2 amide bonds. The number of carbonyl (C=O) groups excluding carboxylic acids is 2. The fourth-order valence-electron chi connectivity index (χ4n) is 1.47. The first kappa shape index (κ1) is 13.4. The smallest absolute Gasteiger partial charge is 0.416 e. The highest BCUT2D eigenvalue weighted by Gasteiger charge is 2.30. The van der Waals surface area contributed by atoms with Crippen molar-refractivity contribution in [3.05, 3.63) is 0 Å². The summed E-state index contributed by atoms with van der Waals surface area (Å²) in [4.78, 5) is 36.0. The highest BCUT2D eigenvalue weighted by molar-refractivity contribution is 5.94. The van der Waals surface area contributed by atoms with Crippen LogP contribution in [0.5, 0.6) is 0 Å². The second-order valence-electron chi connectivity index (χ2n) is 4.05. The predicted octanol–water partition coefficient (Wildman–Crippen LogP) is -0.240. The van der Waals surface area contributed by atoms with Crippen molar-refractivity contribution in [1.29, 1.82) is 0 Å². The molecule has 0 aromatic carbocycles. The van der Waals surface area contributed by atoms with Gasteiger partial charge in [-0.3, -0.25) is 14.5 Å². The molecule has 0 aromatic rings. The maximum absolute atomic E-state index is 11.7. The summed E-state index contributed by atoms with van der Waals surface area (Å²) >= 11 is 0. The lowest BCUT2D eigenvalue weighted by Crippen LogP contribution is -2.45. The molecule has 1 aliphatic rings. The van der Waals surface area contributed by atoms with Gasteiger partial charge in [0.2, 0.25) is 5.91 Å². The first-order valence-electron chi connectivity index (χ1n) is 5.34. The van der Waals surface area contributed by atoms with Crippen molar-refractivity contribution >= 4 is 18.0 Å². The summed E-state index contributed by atoms with van der Waals surface area (Å²) in [7, 11) is 0. The number of rotatable bonds is 5. The van der Waals surface area contributed by atoms with Crippen LogP contribution in [0.1, 0.15) is 13.8 Å². The Morgan fingerprint density at radius 3 is 2.53 bits per heavy atom. The first-order valence-corrected chi connectivity index (χ1v) is 5.34. The van der Waals surface area contributed by atoms with Gasteiger partial charge in [-0.05, 0) is 13.8 Å². The topological polar surface area (TPSA) is 87.2 Å². The van der Waals surface area contributed by atoms with Crippen molar-refractivity contribution in [3.8, 4) is 0 Å². The van der Waals surface area contributed by atoms with Crippen LogP contribution in [0.2, 0.25) is 0 Å². The van der Waals surface area contributed by atoms with E-state index in [4.69, 9.17) is 5.11 Å². The van der Waals surface area contributed by atoms with Crippen molar-refractivity contribution < 1.29 is 24.2 Å². The van der Waals surface area contributed by atoms with Crippen LogP contribution in [0.3, 0.4) is 0 Å². The van der Waals surface area contributed by atoms with Crippen molar-refractivity contribution in [2.24, 2.45) is 0 Å². The Kier molecular flexibility index (Phi) is 4.45. The van der Waals surface area contributed by atoms with Crippen molar-refractivity contribution in [1.82, 2.24) is 9.80 Å². The normalized spacial score (nSPS) is 15.5. The molecule has 17 heavy (non-hydrogen) atoms. The van der Waals surface area contributed by atoms with Gasteiger partial charge in [0.05, 0.1) is 19.6 Å². The van der Waals surface area contributed by atoms with E-state index in [2.05, 4.69) is 4.74 Å². The Morgan fingerprint density at radius 2 is 2.12 bits per heavy atom. The summed E-state index contributed by atoms with van der Waals surface area (Å²) in [5.74, 6) is -1.43. The molecule has 0 bridgehead atoms. The number of aliphatic carboxylic acids is 1. The molecule has 0 aromatic heterocycles. The zero-order valence-corrected chi connectivity index (χ0v) is 9.88. The van der Waals surface area contributed by atoms with Gasteiger partial charge in [0.25, 0.3) is 0 Å². The molecule has 1 rings (SSSR count). The van der Waals surface area contributed by atoms with Gasteiger partial charge < -0.3 is 9.84 Å². The third-order valence-corrected chi connectivity index (χ3v) is 2.47. The van der Waals surface area contributed by atoms with Crippen LogP contribution in [0.25, 0.3) is 0 Å². The average molecular weight is 244 g/mol. The van der Waals surface area contributed by atoms with E-state index < -0.39 is 18.0 Å². The molecule has 0 unspecified atom stereocenters. The summed E-state index contributed by atoms with van der Waals surface area (Å²) < 4.78 is 4.64. The minimum Gasteiger partial charge on any atom is -0.480 e. The molecule has 0 saturated carbocycles. The minimum atomic E-state index is -1.00.